The highest BCUT2D eigenvalue weighted by atomic mass is 16.4. The Hall–Kier alpha value is -1.83. The summed E-state index contributed by atoms with van der Waals surface area (Å²) in [5.41, 5.74) is 4.93. The van der Waals surface area contributed by atoms with Crippen molar-refractivity contribution in [2.45, 2.75) is 25.3 Å². The Morgan fingerprint density at radius 3 is 2.70 bits per heavy atom. The van der Waals surface area contributed by atoms with Crippen LogP contribution in [0.4, 0.5) is 4.79 Å². The maximum atomic E-state index is 11.6. The second-order valence-corrected chi connectivity index (χ2v) is 5.19. The molecule has 0 radical (unpaired) electrons. The predicted molar refractivity (Wildman–Crippen MR) is 72.0 cm³/mol. The number of aliphatic carboxylic acids is 1. The lowest BCUT2D eigenvalue weighted by Gasteiger charge is -2.29. The number of urea groups is 1. The van der Waals surface area contributed by atoms with Gasteiger partial charge in [-0.2, -0.15) is 0 Å². The molecule has 0 aliphatic carbocycles. The lowest BCUT2D eigenvalue weighted by Crippen LogP contribution is -2.49. The van der Waals surface area contributed by atoms with Gasteiger partial charge in [-0.05, 0) is 32.4 Å². The fraction of sp³-hybridized carbons (Fsp3) is 0.750. The Morgan fingerprint density at radius 2 is 2.15 bits per heavy atom. The molecule has 1 heterocycles. The number of nitrogens with two attached hydrogens (primary N) is 1. The number of nitrogens with one attached hydrogen (secondary N) is 2. The first-order valence-electron chi connectivity index (χ1n) is 6.62. The van der Waals surface area contributed by atoms with Crippen LogP contribution in [0.1, 0.15) is 19.3 Å². The van der Waals surface area contributed by atoms with E-state index in [4.69, 9.17) is 10.8 Å². The van der Waals surface area contributed by atoms with Gasteiger partial charge in [0.2, 0.25) is 5.91 Å². The molecule has 0 spiro atoms. The van der Waals surface area contributed by atoms with Gasteiger partial charge in [-0.1, -0.05) is 0 Å². The van der Waals surface area contributed by atoms with Crippen LogP contribution in [0.2, 0.25) is 0 Å². The number of rotatable bonds is 6. The smallest absolute Gasteiger partial charge is 0.326 e. The molecule has 0 aromatic rings. The minimum absolute atomic E-state index is 0.360. The zero-order valence-electron chi connectivity index (χ0n) is 11.6. The summed E-state index contributed by atoms with van der Waals surface area (Å²) in [6, 6.07) is -1.88. The molecule has 20 heavy (non-hydrogen) atoms. The number of carbonyl (C=O) groups excluding carboxylic acids is 2. The highest BCUT2D eigenvalue weighted by Crippen LogP contribution is 2.13. The first-order chi connectivity index (χ1) is 9.38. The molecule has 2 unspecified atom stereocenters. The van der Waals surface area contributed by atoms with E-state index in [1.54, 1.807) is 0 Å². The predicted octanol–water partition coefficient (Wildman–Crippen LogP) is -1.04. The van der Waals surface area contributed by atoms with Crippen LogP contribution in [0, 0.1) is 5.92 Å². The third-order valence-electron chi connectivity index (χ3n) is 3.28. The molecular formula is C12H22N4O4. The molecule has 1 aliphatic rings. The highest BCUT2D eigenvalue weighted by molar-refractivity contribution is 5.87. The molecule has 1 fully saturated rings. The summed E-state index contributed by atoms with van der Waals surface area (Å²) in [5.74, 6) is -1.69. The number of hydrogen-bond acceptors (Lipinski definition) is 4. The molecule has 1 aliphatic heterocycles. The maximum Gasteiger partial charge on any atom is 0.326 e. The summed E-state index contributed by atoms with van der Waals surface area (Å²) < 4.78 is 0. The number of likely N-dealkylation sites (tertiary alicyclic amines) is 1. The van der Waals surface area contributed by atoms with Crippen molar-refractivity contribution in [3.63, 3.8) is 0 Å². The Morgan fingerprint density at radius 1 is 1.45 bits per heavy atom. The number of piperidine rings is 1. The monoisotopic (exact) mass is 286 g/mol. The third-order valence-corrected chi connectivity index (χ3v) is 3.28. The second kappa shape index (κ2) is 7.68. The van der Waals surface area contributed by atoms with E-state index in [2.05, 4.69) is 15.5 Å². The Kier molecular flexibility index (Phi) is 6.23. The largest absolute Gasteiger partial charge is 0.480 e. The van der Waals surface area contributed by atoms with Crippen LogP contribution in [-0.2, 0) is 9.59 Å². The Labute approximate surface area is 117 Å². The summed E-state index contributed by atoms with van der Waals surface area (Å²) in [4.78, 5) is 35.4. The molecule has 1 saturated heterocycles. The van der Waals surface area contributed by atoms with Crippen LogP contribution in [0.25, 0.3) is 0 Å². The third kappa shape index (κ3) is 5.87. The van der Waals surface area contributed by atoms with Crippen molar-refractivity contribution in [2.75, 3.05) is 26.7 Å². The average Bonchev–Trinajstić information content (AvgIpc) is 2.35. The van der Waals surface area contributed by atoms with E-state index in [0.29, 0.717) is 12.5 Å². The summed E-state index contributed by atoms with van der Waals surface area (Å²) in [6.07, 6.45) is 1.70. The SMILES string of the molecule is CN1CCCC(CNC(=O)NC(CC(N)=O)C(=O)O)C1. The molecule has 5 N–H and O–H groups in total. The van der Waals surface area contributed by atoms with Gasteiger partial charge in [0.1, 0.15) is 6.04 Å². The lowest BCUT2D eigenvalue weighted by atomic mass is 9.99. The fourth-order valence-corrected chi connectivity index (χ4v) is 2.29. The van der Waals surface area contributed by atoms with Crippen LogP contribution in [0.3, 0.4) is 0 Å². The number of carboxylic acid groups (broad SMARTS) is 1. The number of hydrogen-bond donors (Lipinski definition) is 4. The molecule has 1 rings (SSSR count). The minimum Gasteiger partial charge on any atom is -0.480 e. The van der Waals surface area contributed by atoms with Crippen LogP contribution in [0.15, 0.2) is 0 Å². The van der Waals surface area contributed by atoms with Crippen molar-refractivity contribution in [3.8, 4) is 0 Å². The molecule has 0 saturated carbocycles. The van der Waals surface area contributed by atoms with Gasteiger partial charge in [-0.15, -0.1) is 0 Å². The van der Waals surface area contributed by atoms with Crippen LogP contribution >= 0.6 is 0 Å². The highest BCUT2D eigenvalue weighted by Gasteiger charge is 2.23. The van der Waals surface area contributed by atoms with Gasteiger partial charge in [-0.25, -0.2) is 9.59 Å². The molecule has 8 heteroatoms. The Balaban J connectivity index is 2.34. The van der Waals surface area contributed by atoms with Crippen molar-refractivity contribution in [2.24, 2.45) is 11.7 Å². The standard InChI is InChI=1S/C12H22N4O4/c1-16-4-2-3-8(7-16)6-14-12(20)15-9(11(18)19)5-10(13)17/h8-9H,2-7H2,1H3,(H2,13,17)(H,18,19)(H2,14,15,20). The van der Waals surface area contributed by atoms with Gasteiger partial charge in [-0.3, -0.25) is 4.79 Å². The molecule has 8 nitrogen and oxygen atoms in total. The summed E-state index contributed by atoms with van der Waals surface area (Å²) >= 11 is 0. The Bertz CT molecular complexity index is 374. The average molecular weight is 286 g/mol. The molecule has 114 valence electrons. The first kappa shape index (κ1) is 16.2. The molecule has 3 amide bonds. The molecule has 0 bridgehead atoms. The van der Waals surface area contributed by atoms with E-state index in [-0.39, 0.29) is 0 Å². The van der Waals surface area contributed by atoms with E-state index in [0.717, 1.165) is 25.9 Å². The van der Waals surface area contributed by atoms with Gasteiger partial charge in [0.25, 0.3) is 0 Å². The van der Waals surface area contributed by atoms with Crippen molar-refractivity contribution >= 4 is 17.9 Å². The van der Waals surface area contributed by atoms with Gasteiger partial charge in [0.05, 0.1) is 6.42 Å². The number of primary amides is 1. The number of nitrogens with zero attached hydrogens (tertiary/aromatic N) is 1. The second-order valence-electron chi connectivity index (χ2n) is 5.19. The van der Waals surface area contributed by atoms with Gasteiger partial charge in [0.15, 0.2) is 0 Å². The molecule has 0 aromatic heterocycles. The minimum atomic E-state index is -1.29. The zero-order chi connectivity index (χ0) is 15.1. The van der Waals surface area contributed by atoms with Crippen LogP contribution < -0.4 is 16.4 Å². The fourth-order valence-electron chi connectivity index (χ4n) is 2.29. The number of amides is 3. The molecule has 2 atom stereocenters. The molecular weight excluding hydrogens is 264 g/mol. The van der Waals surface area contributed by atoms with E-state index in [9.17, 15) is 14.4 Å². The van der Waals surface area contributed by atoms with E-state index >= 15 is 0 Å². The number of carbonyl (C=O) groups is 3. The van der Waals surface area contributed by atoms with Gasteiger partial charge in [0, 0.05) is 13.1 Å². The van der Waals surface area contributed by atoms with Crippen molar-refractivity contribution in [1.82, 2.24) is 15.5 Å². The molecule has 0 aromatic carbocycles. The summed E-state index contributed by atoms with van der Waals surface area (Å²) in [6.45, 7) is 2.45. The topological polar surface area (TPSA) is 125 Å². The zero-order valence-corrected chi connectivity index (χ0v) is 11.6. The van der Waals surface area contributed by atoms with Crippen LogP contribution in [0.5, 0.6) is 0 Å². The van der Waals surface area contributed by atoms with Gasteiger partial charge < -0.3 is 26.4 Å². The quantitative estimate of drug-likeness (QED) is 0.496. The van der Waals surface area contributed by atoms with Crippen molar-refractivity contribution in [1.29, 1.82) is 0 Å². The van der Waals surface area contributed by atoms with Crippen molar-refractivity contribution in [3.05, 3.63) is 0 Å². The van der Waals surface area contributed by atoms with E-state index in [1.807, 2.05) is 7.05 Å². The first-order valence-corrected chi connectivity index (χ1v) is 6.62. The lowest BCUT2D eigenvalue weighted by molar-refractivity contribution is -0.140. The van der Waals surface area contributed by atoms with E-state index in [1.165, 1.54) is 0 Å². The summed E-state index contributed by atoms with van der Waals surface area (Å²) in [5, 5.41) is 13.7. The normalized spacial score (nSPS) is 20.9. The number of carboxylic acids is 1. The maximum absolute atomic E-state index is 11.6. The summed E-state index contributed by atoms with van der Waals surface area (Å²) in [7, 11) is 2.03. The van der Waals surface area contributed by atoms with Crippen molar-refractivity contribution < 1.29 is 19.5 Å². The van der Waals surface area contributed by atoms with Gasteiger partial charge >= 0.3 is 12.0 Å². The van der Waals surface area contributed by atoms with E-state index < -0.39 is 30.4 Å². The van der Waals surface area contributed by atoms with Crippen LogP contribution in [-0.4, -0.2) is 60.6 Å².